The van der Waals surface area contributed by atoms with E-state index in [9.17, 15) is 18.4 Å². The van der Waals surface area contributed by atoms with Crippen molar-refractivity contribution in [1.29, 1.82) is 0 Å². The maximum Gasteiger partial charge on any atom is 0.278 e. The fourth-order valence-corrected chi connectivity index (χ4v) is 2.41. The zero-order valence-corrected chi connectivity index (χ0v) is 13.7. The lowest BCUT2D eigenvalue weighted by molar-refractivity contribution is 0.0983. The van der Waals surface area contributed by atoms with Crippen LogP contribution in [-0.4, -0.2) is 28.6 Å². The number of anilines is 1. The van der Waals surface area contributed by atoms with Crippen molar-refractivity contribution in [1.82, 2.24) is 9.78 Å². The molecule has 0 saturated carbocycles. The van der Waals surface area contributed by atoms with Crippen molar-refractivity contribution in [3.63, 3.8) is 0 Å². The number of benzene rings is 2. The van der Waals surface area contributed by atoms with E-state index in [4.69, 9.17) is 5.73 Å². The molecule has 0 saturated heterocycles. The molecule has 0 aliphatic carbocycles. The third-order valence-electron chi connectivity index (χ3n) is 3.78. The summed E-state index contributed by atoms with van der Waals surface area (Å²) in [6, 6.07) is 13.0. The molecule has 2 amide bonds. The average molecular weight is 356 g/mol. The first kappa shape index (κ1) is 17.3. The summed E-state index contributed by atoms with van der Waals surface area (Å²) in [5, 5.41) is 4.14. The van der Waals surface area contributed by atoms with E-state index in [1.54, 1.807) is 30.3 Å². The first-order valence-corrected chi connectivity index (χ1v) is 7.57. The molecule has 1 aromatic heterocycles. The Kier molecular flexibility index (Phi) is 4.49. The molecule has 3 aromatic rings. The summed E-state index contributed by atoms with van der Waals surface area (Å²) in [6.07, 6.45) is 0. The molecule has 6 nitrogen and oxygen atoms in total. The van der Waals surface area contributed by atoms with E-state index in [-0.39, 0.29) is 17.1 Å². The molecular formula is C18H14F2N4O2. The Morgan fingerprint density at radius 2 is 1.73 bits per heavy atom. The summed E-state index contributed by atoms with van der Waals surface area (Å²) < 4.78 is 27.7. The molecule has 0 atom stereocenters. The Balaban J connectivity index is 1.99. The van der Waals surface area contributed by atoms with Crippen molar-refractivity contribution in [3.8, 4) is 5.69 Å². The van der Waals surface area contributed by atoms with Crippen molar-refractivity contribution in [2.24, 2.45) is 5.73 Å². The molecule has 0 spiro atoms. The SMILES string of the molecule is CN(C(=O)c1cc(C(N)=O)n(-c2ccccc2)n1)c1ccc(F)c(F)c1. The second-order valence-electron chi connectivity index (χ2n) is 5.49. The highest BCUT2D eigenvalue weighted by Crippen LogP contribution is 2.20. The fourth-order valence-electron chi connectivity index (χ4n) is 2.41. The molecular weight excluding hydrogens is 342 g/mol. The number of hydrogen-bond donors (Lipinski definition) is 1. The van der Waals surface area contributed by atoms with Gasteiger partial charge in [-0.3, -0.25) is 9.59 Å². The van der Waals surface area contributed by atoms with Crippen LogP contribution in [0.5, 0.6) is 0 Å². The standard InChI is InChI=1S/C18H14F2N4O2/c1-23(12-7-8-13(19)14(20)9-12)18(26)15-10-16(17(21)25)24(22-15)11-5-3-2-4-6-11/h2-10H,1H3,(H2,21,25). The van der Waals surface area contributed by atoms with Gasteiger partial charge in [0.2, 0.25) is 0 Å². The lowest BCUT2D eigenvalue weighted by Crippen LogP contribution is -2.27. The Labute approximate surface area is 147 Å². The number of rotatable bonds is 4. The molecule has 132 valence electrons. The molecule has 0 bridgehead atoms. The number of primary amides is 1. The number of hydrogen-bond acceptors (Lipinski definition) is 3. The third-order valence-corrected chi connectivity index (χ3v) is 3.78. The van der Waals surface area contributed by atoms with Gasteiger partial charge in [-0.1, -0.05) is 18.2 Å². The van der Waals surface area contributed by atoms with Gasteiger partial charge >= 0.3 is 0 Å². The summed E-state index contributed by atoms with van der Waals surface area (Å²) in [4.78, 5) is 25.4. The van der Waals surface area contributed by atoms with Crippen LogP contribution in [0.15, 0.2) is 54.6 Å². The van der Waals surface area contributed by atoms with E-state index in [0.717, 1.165) is 17.0 Å². The molecule has 0 aliphatic rings. The maximum absolute atomic E-state index is 13.4. The van der Waals surface area contributed by atoms with Gasteiger partial charge in [0, 0.05) is 24.9 Å². The first-order valence-electron chi connectivity index (χ1n) is 7.57. The molecule has 0 unspecified atom stereocenters. The lowest BCUT2D eigenvalue weighted by atomic mass is 10.2. The van der Waals surface area contributed by atoms with Crippen LogP contribution in [0, 0.1) is 11.6 Å². The van der Waals surface area contributed by atoms with Crippen LogP contribution in [-0.2, 0) is 0 Å². The van der Waals surface area contributed by atoms with Crippen LogP contribution >= 0.6 is 0 Å². The Morgan fingerprint density at radius 1 is 1.04 bits per heavy atom. The predicted octanol–water partition coefficient (Wildman–Crippen LogP) is 2.53. The van der Waals surface area contributed by atoms with E-state index in [0.29, 0.717) is 5.69 Å². The Hall–Kier alpha value is -3.55. The van der Waals surface area contributed by atoms with E-state index in [2.05, 4.69) is 5.10 Å². The van der Waals surface area contributed by atoms with Crippen LogP contribution in [0.25, 0.3) is 5.69 Å². The van der Waals surface area contributed by atoms with Crippen molar-refractivity contribution >= 4 is 17.5 Å². The van der Waals surface area contributed by atoms with E-state index < -0.39 is 23.4 Å². The largest absolute Gasteiger partial charge is 0.364 e. The van der Waals surface area contributed by atoms with Crippen molar-refractivity contribution in [3.05, 3.63) is 77.6 Å². The number of carbonyl (C=O) groups is 2. The Morgan fingerprint density at radius 3 is 2.35 bits per heavy atom. The van der Waals surface area contributed by atoms with Crippen molar-refractivity contribution in [2.75, 3.05) is 11.9 Å². The van der Waals surface area contributed by atoms with Gasteiger partial charge in [0.05, 0.1) is 5.69 Å². The van der Waals surface area contributed by atoms with Gasteiger partial charge in [-0.05, 0) is 24.3 Å². The number of carbonyl (C=O) groups excluding carboxylic acids is 2. The summed E-state index contributed by atoms with van der Waals surface area (Å²) in [7, 11) is 1.39. The van der Waals surface area contributed by atoms with Crippen LogP contribution in [0.2, 0.25) is 0 Å². The molecule has 0 aliphatic heterocycles. The van der Waals surface area contributed by atoms with Crippen molar-refractivity contribution < 1.29 is 18.4 Å². The van der Waals surface area contributed by atoms with Gasteiger partial charge in [0.1, 0.15) is 5.69 Å². The molecule has 0 fully saturated rings. The minimum absolute atomic E-state index is 0.0261. The molecule has 2 N–H and O–H groups in total. The van der Waals surface area contributed by atoms with Crippen LogP contribution < -0.4 is 10.6 Å². The second-order valence-corrected chi connectivity index (χ2v) is 5.49. The highest BCUT2D eigenvalue weighted by atomic mass is 19.2. The third kappa shape index (κ3) is 3.16. The number of nitrogens with zero attached hydrogens (tertiary/aromatic N) is 3. The summed E-state index contributed by atoms with van der Waals surface area (Å²) in [6.45, 7) is 0. The van der Waals surface area contributed by atoms with E-state index in [1.807, 2.05) is 0 Å². The maximum atomic E-state index is 13.4. The van der Waals surface area contributed by atoms with Crippen molar-refractivity contribution in [2.45, 2.75) is 0 Å². The fraction of sp³-hybridized carbons (Fsp3) is 0.0556. The molecule has 0 radical (unpaired) electrons. The van der Waals surface area contributed by atoms with Gasteiger partial charge in [0.15, 0.2) is 17.3 Å². The van der Waals surface area contributed by atoms with Crippen LogP contribution in [0.1, 0.15) is 21.0 Å². The molecule has 2 aromatic carbocycles. The zero-order chi connectivity index (χ0) is 18.8. The van der Waals surface area contributed by atoms with Gasteiger partial charge in [-0.15, -0.1) is 0 Å². The Bertz CT molecular complexity index is 986. The minimum Gasteiger partial charge on any atom is -0.364 e. The number of para-hydroxylation sites is 1. The number of aromatic nitrogens is 2. The number of nitrogens with two attached hydrogens (primary N) is 1. The smallest absolute Gasteiger partial charge is 0.278 e. The molecule has 1 heterocycles. The zero-order valence-electron chi connectivity index (χ0n) is 13.7. The number of halogens is 2. The van der Waals surface area contributed by atoms with E-state index in [1.165, 1.54) is 23.9 Å². The van der Waals surface area contributed by atoms with Gasteiger partial charge < -0.3 is 10.6 Å². The van der Waals surface area contributed by atoms with Gasteiger partial charge in [-0.25, -0.2) is 13.5 Å². The monoisotopic (exact) mass is 356 g/mol. The normalized spacial score (nSPS) is 10.6. The van der Waals surface area contributed by atoms with E-state index >= 15 is 0 Å². The summed E-state index contributed by atoms with van der Waals surface area (Å²) in [5.41, 5.74) is 6.03. The lowest BCUT2D eigenvalue weighted by Gasteiger charge is -2.16. The summed E-state index contributed by atoms with van der Waals surface area (Å²) in [5.74, 6) is -3.45. The van der Waals surface area contributed by atoms with Crippen LogP contribution in [0.3, 0.4) is 0 Å². The van der Waals surface area contributed by atoms with Gasteiger partial charge in [-0.2, -0.15) is 5.10 Å². The van der Waals surface area contributed by atoms with Gasteiger partial charge in [0.25, 0.3) is 11.8 Å². The predicted molar refractivity (Wildman–Crippen MR) is 91.2 cm³/mol. The second kappa shape index (κ2) is 6.75. The highest BCUT2D eigenvalue weighted by molar-refractivity contribution is 6.06. The molecule has 26 heavy (non-hydrogen) atoms. The number of amides is 2. The van der Waals surface area contributed by atoms with Crippen LogP contribution in [0.4, 0.5) is 14.5 Å². The molecule has 8 heteroatoms. The average Bonchev–Trinajstić information content (AvgIpc) is 3.09. The minimum atomic E-state index is -1.07. The summed E-state index contributed by atoms with van der Waals surface area (Å²) >= 11 is 0. The first-order chi connectivity index (χ1) is 12.4. The topological polar surface area (TPSA) is 81.2 Å². The quantitative estimate of drug-likeness (QED) is 0.780. The molecule has 3 rings (SSSR count). The highest BCUT2D eigenvalue weighted by Gasteiger charge is 2.22.